The molecule has 212 valence electrons. The Bertz CT molecular complexity index is 1160. The van der Waals surface area contributed by atoms with Gasteiger partial charge >= 0.3 is 11.9 Å². The fourth-order valence-electron chi connectivity index (χ4n) is 4.18. The minimum absolute atomic E-state index is 0.0212. The Morgan fingerprint density at radius 3 is 2.10 bits per heavy atom. The molecule has 2 aliphatic heterocycles. The molecule has 0 bridgehead atoms. The van der Waals surface area contributed by atoms with Gasteiger partial charge in [-0.25, -0.2) is 4.79 Å². The minimum Gasteiger partial charge on any atom is -0.491 e. The number of rotatable bonds is 11. The molecule has 10 nitrogen and oxygen atoms in total. The van der Waals surface area contributed by atoms with Crippen molar-refractivity contribution in [3.8, 4) is 17.2 Å². The number of carbonyl (C=O) groups is 2. The van der Waals surface area contributed by atoms with Crippen LogP contribution in [0.3, 0.4) is 0 Å². The number of hydrogen-bond donors (Lipinski definition) is 0. The Hall–Kier alpha value is -3.18. The maximum Gasteiger partial charge on any atom is 0.349 e. The van der Waals surface area contributed by atoms with Crippen molar-refractivity contribution in [3.63, 3.8) is 0 Å². The van der Waals surface area contributed by atoms with Crippen LogP contribution in [-0.4, -0.2) is 68.8 Å². The van der Waals surface area contributed by atoms with Gasteiger partial charge in [0, 0.05) is 5.56 Å². The van der Waals surface area contributed by atoms with Gasteiger partial charge in [0.05, 0.1) is 19.6 Å². The van der Waals surface area contributed by atoms with E-state index >= 15 is 0 Å². The highest BCUT2D eigenvalue weighted by molar-refractivity contribution is 5.79. The van der Waals surface area contributed by atoms with Crippen LogP contribution in [0.2, 0.25) is 0 Å². The van der Waals surface area contributed by atoms with Crippen LogP contribution in [0.5, 0.6) is 17.2 Å². The lowest BCUT2D eigenvalue weighted by molar-refractivity contribution is -0.153. The molecule has 0 amide bonds. The molecule has 2 atom stereocenters. The first kappa shape index (κ1) is 28.8. The van der Waals surface area contributed by atoms with E-state index in [2.05, 4.69) is 0 Å². The molecule has 0 saturated carbocycles. The summed E-state index contributed by atoms with van der Waals surface area (Å²) >= 11 is 0. The second kappa shape index (κ2) is 12.3. The molecule has 0 N–H and O–H groups in total. The first-order valence-corrected chi connectivity index (χ1v) is 12.9. The van der Waals surface area contributed by atoms with Gasteiger partial charge in [-0.05, 0) is 64.4 Å². The van der Waals surface area contributed by atoms with Crippen molar-refractivity contribution >= 4 is 11.9 Å². The van der Waals surface area contributed by atoms with Crippen molar-refractivity contribution in [1.29, 1.82) is 0 Å². The van der Waals surface area contributed by atoms with Gasteiger partial charge in [0.25, 0.3) is 0 Å². The monoisotopic (exact) mass is 544 g/mol. The highest BCUT2D eigenvalue weighted by Crippen LogP contribution is 2.29. The van der Waals surface area contributed by atoms with Crippen LogP contribution >= 0.6 is 0 Å². The lowest BCUT2D eigenvalue weighted by Gasteiger charge is -2.18. The SMILES string of the molecule is Cc1c(OC[C@@H]2COC(C)(C)O2)cccc1OC(=O)COC(=O)Cc1cccc(OC[C@@H]2COC(C)(C)O2)c1. The van der Waals surface area contributed by atoms with Gasteiger partial charge < -0.3 is 37.9 Å². The van der Waals surface area contributed by atoms with E-state index in [-0.39, 0.29) is 18.6 Å². The molecular weight excluding hydrogens is 508 g/mol. The van der Waals surface area contributed by atoms with Gasteiger partial charge in [-0.3, -0.25) is 4.79 Å². The fraction of sp³-hybridized carbons (Fsp3) is 0.517. The predicted octanol–water partition coefficient (Wildman–Crippen LogP) is 3.75. The molecule has 0 radical (unpaired) electrons. The Morgan fingerprint density at radius 2 is 1.46 bits per heavy atom. The normalized spacial score (nSPS) is 21.4. The molecule has 2 saturated heterocycles. The Labute approximate surface area is 228 Å². The van der Waals surface area contributed by atoms with Crippen LogP contribution in [-0.2, 0) is 39.7 Å². The second-order valence-corrected chi connectivity index (χ2v) is 10.4. The average molecular weight is 545 g/mol. The summed E-state index contributed by atoms with van der Waals surface area (Å²) in [5, 5.41) is 0. The molecule has 4 rings (SSSR count). The highest BCUT2D eigenvalue weighted by Gasteiger charge is 2.34. The van der Waals surface area contributed by atoms with Gasteiger partial charge in [0.15, 0.2) is 18.2 Å². The van der Waals surface area contributed by atoms with Crippen LogP contribution in [0.4, 0.5) is 0 Å². The predicted molar refractivity (Wildman–Crippen MR) is 139 cm³/mol. The lowest BCUT2D eigenvalue weighted by atomic mass is 10.1. The maximum absolute atomic E-state index is 12.4. The van der Waals surface area contributed by atoms with E-state index in [1.54, 1.807) is 49.4 Å². The van der Waals surface area contributed by atoms with Gasteiger partial charge in [-0.2, -0.15) is 0 Å². The van der Waals surface area contributed by atoms with E-state index in [4.69, 9.17) is 37.9 Å². The minimum atomic E-state index is -0.698. The summed E-state index contributed by atoms with van der Waals surface area (Å²) in [5.41, 5.74) is 1.33. The molecule has 0 aromatic heterocycles. The first-order valence-electron chi connectivity index (χ1n) is 12.9. The van der Waals surface area contributed by atoms with E-state index in [0.29, 0.717) is 54.8 Å². The van der Waals surface area contributed by atoms with E-state index < -0.39 is 30.1 Å². The number of carbonyl (C=O) groups excluding carboxylic acids is 2. The van der Waals surface area contributed by atoms with Crippen molar-refractivity contribution in [2.24, 2.45) is 0 Å². The molecule has 39 heavy (non-hydrogen) atoms. The summed E-state index contributed by atoms with van der Waals surface area (Å²) in [6.07, 6.45) is -0.383. The Morgan fingerprint density at radius 1 is 0.846 bits per heavy atom. The van der Waals surface area contributed by atoms with E-state index in [1.807, 2.05) is 27.7 Å². The number of hydrogen-bond acceptors (Lipinski definition) is 10. The van der Waals surface area contributed by atoms with Gasteiger partial charge in [0.2, 0.25) is 0 Å². The third kappa shape index (κ3) is 8.66. The summed E-state index contributed by atoms with van der Waals surface area (Å²) in [7, 11) is 0. The molecule has 2 aromatic carbocycles. The van der Waals surface area contributed by atoms with Crippen molar-refractivity contribution in [1.82, 2.24) is 0 Å². The zero-order chi connectivity index (χ0) is 28.0. The molecule has 2 heterocycles. The van der Waals surface area contributed by atoms with Gasteiger partial charge in [0.1, 0.15) is 42.7 Å². The summed E-state index contributed by atoms with van der Waals surface area (Å²) in [6, 6.07) is 12.3. The first-order chi connectivity index (χ1) is 18.5. The van der Waals surface area contributed by atoms with Crippen LogP contribution in [0.1, 0.15) is 38.8 Å². The van der Waals surface area contributed by atoms with E-state index in [0.717, 1.165) is 0 Å². The quantitative estimate of drug-likeness (QED) is 0.307. The van der Waals surface area contributed by atoms with Crippen LogP contribution in [0, 0.1) is 6.92 Å². The highest BCUT2D eigenvalue weighted by atomic mass is 16.8. The van der Waals surface area contributed by atoms with Crippen molar-refractivity contribution in [3.05, 3.63) is 53.6 Å². The van der Waals surface area contributed by atoms with Gasteiger partial charge in [-0.15, -0.1) is 0 Å². The fourth-order valence-corrected chi connectivity index (χ4v) is 4.18. The third-order valence-electron chi connectivity index (χ3n) is 6.05. The largest absolute Gasteiger partial charge is 0.491 e. The topological polar surface area (TPSA) is 108 Å². The smallest absolute Gasteiger partial charge is 0.349 e. The Kier molecular flexibility index (Phi) is 9.12. The van der Waals surface area contributed by atoms with Crippen molar-refractivity contribution < 1.29 is 47.5 Å². The van der Waals surface area contributed by atoms with Crippen LogP contribution in [0.25, 0.3) is 0 Å². The third-order valence-corrected chi connectivity index (χ3v) is 6.05. The van der Waals surface area contributed by atoms with E-state index in [1.165, 1.54) is 0 Å². The second-order valence-electron chi connectivity index (χ2n) is 10.4. The average Bonchev–Trinajstić information content (AvgIpc) is 3.42. The molecule has 0 spiro atoms. The van der Waals surface area contributed by atoms with Crippen LogP contribution < -0.4 is 14.2 Å². The summed E-state index contributed by atoms with van der Waals surface area (Å²) in [6.45, 7) is 10.2. The molecule has 2 aromatic rings. The number of benzene rings is 2. The zero-order valence-electron chi connectivity index (χ0n) is 23.0. The van der Waals surface area contributed by atoms with E-state index in [9.17, 15) is 9.59 Å². The van der Waals surface area contributed by atoms with Crippen LogP contribution in [0.15, 0.2) is 42.5 Å². The summed E-state index contributed by atoms with van der Waals surface area (Å²) < 4.78 is 44.8. The molecular formula is C29H36O10. The molecule has 0 unspecified atom stereocenters. The molecule has 2 aliphatic rings. The zero-order valence-corrected chi connectivity index (χ0v) is 23.0. The summed E-state index contributed by atoms with van der Waals surface area (Å²) in [5.74, 6) is -1.03. The molecule has 10 heteroatoms. The summed E-state index contributed by atoms with van der Waals surface area (Å²) in [4.78, 5) is 24.7. The van der Waals surface area contributed by atoms with Crippen molar-refractivity contribution in [2.45, 2.75) is 64.8 Å². The maximum atomic E-state index is 12.4. The lowest BCUT2D eigenvalue weighted by Crippen LogP contribution is -2.25. The number of ether oxygens (including phenoxy) is 8. The van der Waals surface area contributed by atoms with Gasteiger partial charge in [-0.1, -0.05) is 18.2 Å². The van der Waals surface area contributed by atoms with Crippen molar-refractivity contribution in [2.75, 3.05) is 33.0 Å². The molecule has 2 fully saturated rings. The Balaban J connectivity index is 1.20. The number of esters is 2. The molecule has 0 aliphatic carbocycles. The standard InChI is InChI=1S/C29H36O10/c1-19-24(33-15-23-17-36-29(4,5)39-23)10-7-11-25(19)37-27(31)18-34-26(30)13-20-8-6-9-21(12-20)32-14-22-16-35-28(2,3)38-22/h6-12,22-23H,13-18H2,1-5H3/t22-,23-/m1/s1.